The van der Waals surface area contributed by atoms with Crippen LogP contribution in [-0.2, 0) is 19.4 Å². The van der Waals surface area contributed by atoms with Crippen LogP contribution in [0.5, 0.6) is 0 Å². The molecule has 9 heteroatoms. The van der Waals surface area contributed by atoms with E-state index in [1.165, 1.54) is 23.0 Å². The minimum atomic E-state index is -4.24. The summed E-state index contributed by atoms with van der Waals surface area (Å²) in [5.41, 5.74) is 5.61. The molecule has 5 nitrogen and oxygen atoms in total. The van der Waals surface area contributed by atoms with Crippen LogP contribution in [0.25, 0.3) is 15.8 Å². The summed E-state index contributed by atoms with van der Waals surface area (Å²) < 4.78 is 38.4. The largest absolute Gasteiger partial charge is 0.393 e. The van der Waals surface area contributed by atoms with Gasteiger partial charge in [-0.15, -0.1) is 11.3 Å². The van der Waals surface area contributed by atoms with Gasteiger partial charge in [-0.05, 0) is 54.2 Å². The summed E-state index contributed by atoms with van der Waals surface area (Å²) in [4.78, 5) is 11.7. The molecule has 1 fully saturated rings. The molecule has 3 aromatic rings. The van der Waals surface area contributed by atoms with Gasteiger partial charge in [0.05, 0.1) is 17.9 Å². The van der Waals surface area contributed by atoms with Gasteiger partial charge in [0.25, 0.3) is 0 Å². The van der Waals surface area contributed by atoms with Crippen molar-refractivity contribution in [3.8, 4) is 6.07 Å². The van der Waals surface area contributed by atoms with Crippen LogP contribution in [0.2, 0.25) is 0 Å². The number of rotatable bonds is 5. The number of halogens is 3. The third kappa shape index (κ3) is 4.79. The minimum absolute atomic E-state index is 0.212. The van der Waals surface area contributed by atoms with Crippen molar-refractivity contribution in [3.63, 3.8) is 0 Å². The van der Waals surface area contributed by atoms with Crippen LogP contribution >= 0.6 is 11.3 Å². The molecule has 0 saturated carbocycles. The lowest BCUT2D eigenvalue weighted by molar-refractivity contribution is -0.126. The molecule has 2 aliphatic rings. The van der Waals surface area contributed by atoms with Crippen molar-refractivity contribution < 1.29 is 13.2 Å². The van der Waals surface area contributed by atoms with E-state index in [1.54, 1.807) is 6.07 Å². The van der Waals surface area contributed by atoms with Crippen molar-refractivity contribution >= 4 is 32.9 Å². The second-order valence-corrected chi connectivity index (χ2v) is 10.1. The van der Waals surface area contributed by atoms with Crippen molar-refractivity contribution in [2.75, 3.05) is 18.4 Å². The Morgan fingerprint density at radius 3 is 2.74 bits per heavy atom. The molecule has 1 saturated heterocycles. The Morgan fingerprint density at radius 2 is 2.00 bits per heavy atom. The molecule has 2 aromatic heterocycles. The summed E-state index contributed by atoms with van der Waals surface area (Å²) in [6.07, 6.45) is -1.19. The average molecular weight is 484 g/mol. The highest BCUT2D eigenvalue weighted by molar-refractivity contribution is 7.18. The smallest absolute Gasteiger partial charge is 0.367 e. The maximum atomic E-state index is 12.8. The lowest BCUT2D eigenvalue weighted by atomic mass is 10.0. The third-order valence-corrected chi connectivity index (χ3v) is 7.67. The van der Waals surface area contributed by atoms with E-state index < -0.39 is 12.6 Å². The summed E-state index contributed by atoms with van der Waals surface area (Å²) in [5, 5.41) is 13.4. The number of nitriles is 1. The number of hydrogen-bond acceptors (Lipinski definition) is 6. The highest BCUT2D eigenvalue weighted by atomic mass is 32.1. The normalized spacial score (nSPS) is 17.3. The monoisotopic (exact) mass is 483 g/mol. The number of thiophene rings is 1. The Morgan fingerprint density at radius 1 is 1.21 bits per heavy atom. The lowest BCUT2D eigenvalue weighted by Gasteiger charge is -2.32. The van der Waals surface area contributed by atoms with Crippen LogP contribution in [0.3, 0.4) is 0 Å². The number of allylic oxidation sites excluding steroid dienone is 2. The molecule has 3 heterocycles. The van der Waals surface area contributed by atoms with Gasteiger partial charge in [0.15, 0.2) is 0 Å². The van der Waals surface area contributed by atoms with Crippen LogP contribution < -0.4 is 5.32 Å². The van der Waals surface area contributed by atoms with Gasteiger partial charge in [-0.3, -0.25) is 4.90 Å². The molecular formula is C25H24F3N5S. The van der Waals surface area contributed by atoms with Crippen LogP contribution in [0.4, 0.5) is 19.0 Å². The van der Waals surface area contributed by atoms with Crippen molar-refractivity contribution in [1.29, 1.82) is 5.26 Å². The fourth-order valence-corrected chi connectivity index (χ4v) is 5.85. The van der Waals surface area contributed by atoms with Crippen LogP contribution in [0.1, 0.15) is 41.3 Å². The molecule has 0 spiro atoms. The molecule has 5 rings (SSSR count). The van der Waals surface area contributed by atoms with Gasteiger partial charge in [0.2, 0.25) is 0 Å². The van der Waals surface area contributed by atoms with E-state index in [2.05, 4.69) is 44.5 Å². The number of alkyl halides is 3. The van der Waals surface area contributed by atoms with E-state index in [4.69, 9.17) is 0 Å². The highest BCUT2D eigenvalue weighted by Gasteiger charge is 2.29. The Labute approximate surface area is 199 Å². The van der Waals surface area contributed by atoms with Crippen LogP contribution in [0, 0.1) is 11.3 Å². The molecule has 34 heavy (non-hydrogen) atoms. The van der Waals surface area contributed by atoms with Crippen molar-refractivity contribution in [1.82, 2.24) is 14.9 Å². The molecule has 0 bridgehead atoms. The second kappa shape index (κ2) is 9.01. The predicted molar refractivity (Wildman–Crippen MR) is 127 cm³/mol. The number of anilines is 1. The van der Waals surface area contributed by atoms with Gasteiger partial charge in [-0.1, -0.05) is 12.1 Å². The maximum absolute atomic E-state index is 12.8. The first kappa shape index (κ1) is 22.8. The zero-order valence-electron chi connectivity index (χ0n) is 18.7. The summed E-state index contributed by atoms with van der Waals surface area (Å²) in [7, 11) is 0. The zero-order chi connectivity index (χ0) is 23.9. The molecule has 1 aromatic carbocycles. The number of nitrogens with zero attached hydrogens (tertiary/aromatic N) is 4. The Kier molecular flexibility index (Phi) is 6.04. The molecule has 1 aliphatic heterocycles. The van der Waals surface area contributed by atoms with E-state index >= 15 is 0 Å². The average Bonchev–Trinajstić information content (AvgIpc) is 3.34. The Balaban J connectivity index is 1.21. The van der Waals surface area contributed by atoms with E-state index in [-0.39, 0.29) is 10.9 Å². The molecule has 176 valence electrons. The molecule has 0 radical (unpaired) electrons. The Hall–Kier alpha value is -2.96. The number of likely N-dealkylation sites (tertiary alicyclic amines) is 1. The number of hydrogen-bond donors (Lipinski definition) is 1. The molecule has 0 unspecified atom stereocenters. The van der Waals surface area contributed by atoms with Gasteiger partial charge in [-0.2, -0.15) is 18.4 Å². The standard InChI is InChI=1S/C25H24F3N5S/c1-15-18(12-29)9-17-3-2-16(8-21(15)17)13-33-6-4-19(5-7-33)32-23-22-10-20(11-25(26,27)28)34-24(22)31-14-30-23/h2-3,8,10,14,19H,4-7,9,11,13H2,1H3,(H,30,31,32). The maximum Gasteiger partial charge on any atom is 0.393 e. The van der Waals surface area contributed by atoms with Gasteiger partial charge < -0.3 is 5.32 Å². The number of benzene rings is 1. The lowest BCUT2D eigenvalue weighted by Crippen LogP contribution is -2.38. The van der Waals surface area contributed by atoms with Crippen molar-refractivity contribution in [2.24, 2.45) is 0 Å². The first-order valence-electron chi connectivity index (χ1n) is 11.3. The number of fused-ring (bicyclic) bond motifs is 2. The quantitative estimate of drug-likeness (QED) is 0.502. The molecule has 0 amide bonds. The molecule has 1 aliphatic carbocycles. The van der Waals surface area contributed by atoms with Gasteiger partial charge in [-0.25, -0.2) is 9.97 Å². The molecular weight excluding hydrogens is 459 g/mol. The van der Waals surface area contributed by atoms with Crippen LogP contribution in [-0.4, -0.2) is 40.2 Å². The van der Waals surface area contributed by atoms with Crippen molar-refractivity contribution in [3.05, 3.63) is 57.7 Å². The summed E-state index contributed by atoms with van der Waals surface area (Å²) in [5.74, 6) is 0.613. The number of aromatic nitrogens is 2. The molecule has 0 atom stereocenters. The van der Waals surface area contributed by atoms with E-state index in [0.29, 0.717) is 16.0 Å². The minimum Gasteiger partial charge on any atom is -0.367 e. The summed E-state index contributed by atoms with van der Waals surface area (Å²) in [6, 6.07) is 10.6. The van der Waals surface area contributed by atoms with Gasteiger partial charge >= 0.3 is 6.18 Å². The molecule has 1 N–H and O–H groups in total. The Bertz CT molecular complexity index is 1300. The van der Waals surface area contributed by atoms with Gasteiger partial charge in [0, 0.05) is 42.5 Å². The topological polar surface area (TPSA) is 64.8 Å². The first-order chi connectivity index (χ1) is 16.3. The SMILES string of the molecule is CC1=C(C#N)Cc2ccc(CN3CCC(Nc4ncnc5sc(CC(F)(F)F)cc45)CC3)cc21. The first-order valence-corrected chi connectivity index (χ1v) is 12.1. The fraction of sp³-hybridized carbons (Fsp3) is 0.400. The van der Waals surface area contributed by atoms with Gasteiger partial charge in [0.1, 0.15) is 17.0 Å². The second-order valence-electron chi connectivity index (χ2n) is 9.02. The highest BCUT2D eigenvalue weighted by Crippen LogP contribution is 2.34. The number of nitrogens with one attached hydrogen (secondary N) is 1. The van der Waals surface area contributed by atoms with E-state index in [9.17, 15) is 18.4 Å². The zero-order valence-corrected chi connectivity index (χ0v) is 19.6. The fourth-order valence-electron chi connectivity index (χ4n) is 4.83. The summed E-state index contributed by atoms with van der Waals surface area (Å²) in [6.45, 7) is 4.72. The van der Waals surface area contributed by atoms with E-state index in [1.807, 2.05) is 6.92 Å². The predicted octanol–water partition coefficient (Wildman–Crippen LogP) is 5.73. The summed E-state index contributed by atoms with van der Waals surface area (Å²) >= 11 is 1.07. The van der Waals surface area contributed by atoms with Crippen LogP contribution in [0.15, 0.2) is 36.2 Å². The van der Waals surface area contributed by atoms with Crippen molar-refractivity contribution in [2.45, 2.75) is 51.4 Å². The number of piperidine rings is 1. The third-order valence-electron chi connectivity index (χ3n) is 6.62. The van der Waals surface area contributed by atoms with E-state index in [0.717, 1.165) is 61.4 Å².